The van der Waals surface area contributed by atoms with Crippen LogP contribution in [-0.4, -0.2) is 38.1 Å². The number of anilines is 1. The van der Waals surface area contributed by atoms with Gasteiger partial charge in [0.05, 0.1) is 11.4 Å². The van der Waals surface area contributed by atoms with E-state index in [2.05, 4.69) is 46.9 Å². The van der Waals surface area contributed by atoms with E-state index in [1.54, 1.807) is 19.1 Å². The maximum Gasteiger partial charge on any atom is 0.251 e. The molecule has 1 atom stereocenters. The van der Waals surface area contributed by atoms with Crippen LogP contribution >= 0.6 is 0 Å². The Bertz CT molecular complexity index is 1100. The zero-order valence-corrected chi connectivity index (χ0v) is 18.1. The topological polar surface area (TPSA) is 102 Å². The van der Waals surface area contributed by atoms with Gasteiger partial charge in [0.25, 0.3) is 5.91 Å². The van der Waals surface area contributed by atoms with Crippen LogP contribution in [0.1, 0.15) is 49.4 Å². The number of hydrogen-bond acceptors (Lipinski definition) is 5. The number of amides is 2. The van der Waals surface area contributed by atoms with Crippen molar-refractivity contribution in [1.29, 1.82) is 0 Å². The first-order valence-corrected chi connectivity index (χ1v) is 9.83. The number of halogens is 1. The van der Waals surface area contributed by atoms with E-state index in [0.29, 0.717) is 17.1 Å². The van der Waals surface area contributed by atoms with Crippen LogP contribution in [0, 0.1) is 12.7 Å². The summed E-state index contributed by atoms with van der Waals surface area (Å²) in [5, 5.41) is 16.3. The highest BCUT2D eigenvalue weighted by atomic mass is 19.1. The standard InChI is InChI=1S/C22H25FN6O2/c1-13(24-21(31)15-6-8-16(9-7-15)22(3,4)5)20(30)25-19-12-17(10-11-18(19)23)29-14(2)26-27-28-29/h6-13H,1-5H3,(H,24,31)(H,25,30). The molecule has 0 aliphatic rings. The highest BCUT2D eigenvalue weighted by Gasteiger charge is 2.20. The van der Waals surface area contributed by atoms with Crippen molar-refractivity contribution in [2.24, 2.45) is 0 Å². The normalized spacial score (nSPS) is 12.3. The molecule has 31 heavy (non-hydrogen) atoms. The Labute approximate surface area is 179 Å². The number of aromatic nitrogens is 4. The second kappa shape index (κ2) is 8.63. The lowest BCUT2D eigenvalue weighted by Gasteiger charge is -2.19. The summed E-state index contributed by atoms with van der Waals surface area (Å²) in [6, 6.07) is 10.5. The zero-order chi connectivity index (χ0) is 22.8. The molecule has 2 amide bonds. The van der Waals surface area contributed by atoms with E-state index in [0.717, 1.165) is 5.56 Å². The average molecular weight is 424 g/mol. The van der Waals surface area contributed by atoms with Crippen molar-refractivity contribution in [3.05, 3.63) is 65.2 Å². The zero-order valence-electron chi connectivity index (χ0n) is 18.1. The second-order valence-corrected chi connectivity index (χ2v) is 8.31. The largest absolute Gasteiger partial charge is 0.341 e. The molecule has 2 aromatic carbocycles. The van der Waals surface area contributed by atoms with Crippen LogP contribution in [0.25, 0.3) is 5.69 Å². The molecule has 0 aliphatic heterocycles. The quantitative estimate of drug-likeness (QED) is 0.655. The first kappa shape index (κ1) is 22.1. The van der Waals surface area contributed by atoms with Gasteiger partial charge in [-0.05, 0) is 65.6 Å². The molecular weight excluding hydrogens is 399 g/mol. The van der Waals surface area contributed by atoms with Gasteiger partial charge in [-0.15, -0.1) is 5.10 Å². The molecule has 9 heteroatoms. The van der Waals surface area contributed by atoms with E-state index < -0.39 is 17.8 Å². The maximum absolute atomic E-state index is 14.2. The van der Waals surface area contributed by atoms with Gasteiger partial charge in [-0.1, -0.05) is 32.9 Å². The van der Waals surface area contributed by atoms with Gasteiger partial charge >= 0.3 is 0 Å². The molecule has 3 rings (SSSR count). The summed E-state index contributed by atoms with van der Waals surface area (Å²) in [6.07, 6.45) is 0. The predicted molar refractivity (Wildman–Crippen MR) is 115 cm³/mol. The first-order valence-electron chi connectivity index (χ1n) is 9.83. The van der Waals surface area contributed by atoms with Gasteiger partial charge in [0.2, 0.25) is 5.91 Å². The Kier molecular flexibility index (Phi) is 6.14. The smallest absolute Gasteiger partial charge is 0.251 e. The number of nitrogens with one attached hydrogen (secondary N) is 2. The lowest BCUT2D eigenvalue weighted by molar-refractivity contribution is -0.117. The van der Waals surface area contributed by atoms with E-state index in [1.165, 1.54) is 29.8 Å². The number of rotatable bonds is 5. The van der Waals surface area contributed by atoms with Crippen molar-refractivity contribution < 1.29 is 14.0 Å². The monoisotopic (exact) mass is 424 g/mol. The van der Waals surface area contributed by atoms with Crippen LogP contribution in [0.3, 0.4) is 0 Å². The number of tetrazole rings is 1. The van der Waals surface area contributed by atoms with Gasteiger partial charge in [-0.2, -0.15) is 4.68 Å². The molecule has 0 aliphatic carbocycles. The molecule has 0 spiro atoms. The van der Waals surface area contributed by atoms with E-state index in [-0.39, 0.29) is 17.0 Å². The molecule has 8 nitrogen and oxygen atoms in total. The molecule has 0 radical (unpaired) electrons. The molecule has 3 aromatic rings. The van der Waals surface area contributed by atoms with E-state index in [4.69, 9.17) is 0 Å². The maximum atomic E-state index is 14.2. The third kappa shape index (κ3) is 5.11. The van der Waals surface area contributed by atoms with Crippen LogP contribution < -0.4 is 10.6 Å². The van der Waals surface area contributed by atoms with Gasteiger partial charge < -0.3 is 10.6 Å². The van der Waals surface area contributed by atoms with E-state index in [9.17, 15) is 14.0 Å². The van der Waals surface area contributed by atoms with Crippen molar-refractivity contribution in [2.75, 3.05) is 5.32 Å². The second-order valence-electron chi connectivity index (χ2n) is 8.31. The molecule has 162 valence electrons. The Morgan fingerprint density at radius 2 is 1.77 bits per heavy atom. The highest BCUT2D eigenvalue weighted by molar-refractivity contribution is 6.01. The highest BCUT2D eigenvalue weighted by Crippen LogP contribution is 2.22. The van der Waals surface area contributed by atoms with E-state index in [1.807, 2.05) is 12.1 Å². The fraction of sp³-hybridized carbons (Fsp3) is 0.318. The Morgan fingerprint density at radius 3 is 2.35 bits per heavy atom. The minimum absolute atomic E-state index is 0.0262. The summed E-state index contributed by atoms with van der Waals surface area (Å²) in [7, 11) is 0. The third-order valence-corrected chi connectivity index (χ3v) is 4.83. The fourth-order valence-corrected chi connectivity index (χ4v) is 2.92. The van der Waals surface area contributed by atoms with Crippen LogP contribution in [0.2, 0.25) is 0 Å². The molecule has 0 saturated heterocycles. The molecule has 0 saturated carbocycles. The van der Waals surface area contributed by atoms with Crippen molar-refractivity contribution in [2.45, 2.75) is 46.1 Å². The minimum Gasteiger partial charge on any atom is -0.341 e. The van der Waals surface area contributed by atoms with Gasteiger partial charge in [0.15, 0.2) is 5.82 Å². The lowest BCUT2D eigenvalue weighted by atomic mass is 9.86. The van der Waals surface area contributed by atoms with Crippen LogP contribution in [-0.2, 0) is 10.2 Å². The summed E-state index contributed by atoms with van der Waals surface area (Å²) >= 11 is 0. The van der Waals surface area contributed by atoms with Gasteiger partial charge in [-0.3, -0.25) is 9.59 Å². The SMILES string of the molecule is Cc1nnnn1-c1ccc(F)c(NC(=O)C(C)NC(=O)c2ccc(C(C)(C)C)cc2)c1. The number of hydrogen-bond donors (Lipinski definition) is 2. The summed E-state index contributed by atoms with van der Waals surface area (Å²) in [4.78, 5) is 25.0. The summed E-state index contributed by atoms with van der Waals surface area (Å²) < 4.78 is 15.7. The van der Waals surface area contributed by atoms with Crippen LogP contribution in [0.15, 0.2) is 42.5 Å². The number of carbonyl (C=O) groups excluding carboxylic acids is 2. The molecule has 2 N–H and O–H groups in total. The Morgan fingerprint density at radius 1 is 1.10 bits per heavy atom. The molecule has 0 fully saturated rings. The summed E-state index contributed by atoms with van der Waals surface area (Å²) in [5.74, 6) is -1.04. The summed E-state index contributed by atoms with van der Waals surface area (Å²) in [6.45, 7) is 9.49. The van der Waals surface area contributed by atoms with Gasteiger partial charge in [-0.25, -0.2) is 4.39 Å². The van der Waals surface area contributed by atoms with Gasteiger partial charge in [0, 0.05) is 5.56 Å². The fourth-order valence-electron chi connectivity index (χ4n) is 2.92. The molecule has 0 bridgehead atoms. The third-order valence-electron chi connectivity index (χ3n) is 4.83. The summed E-state index contributed by atoms with van der Waals surface area (Å²) in [5.41, 5.74) is 1.97. The van der Waals surface area contributed by atoms with Gasteiger partial charge in [0.1, 0.15) is 11.9 Å². The lowest BCUT2D eigenvalue weighted by Crippen LogP contribution is -2.41. The van der Waals surface area contributed by atoms with Crippen molar-refractivity contribution in [1.82, 2.24) is 25.5 Å². The minimum atomic E-state index is -0.882. The van der Waals surface area contributed by atoms with Crippen LogP contribution in [0.4, 0.5) is 10.1 Å². The average Bonchev–Trinajstić information content (AvgIpc) is 3.14. The Balaban J connectivity index is 1.68. The molecule has 1 heterocycles. The molecule has 1 unspecified atom stereocenters. The van der Waals surface area contributed by atoms with Crippen LogP contribution in [0.5, 0.6) is 0 Å². The Hall–Kier alpha value is -3.62. The van der Waals surface area contributed by atoms with Crippen molar-refractivity contribution in [3.63, 3.8) is 0 Å². The number of benzene rings is 2. The van der Waals surface area contributed by atoms with Crippen molar-refractivity contribution in [3.8, 4) is 5.69 Å². The first-order chi connectivity index (χ1) is 14.6. The van der Waals surface area contributed by atoms with E-state index >= 15 is 0 Å². The number of nitrogens with zero attached hydrogens (tertiary/aromatic N) is 4. The molecule has 1 aromatic heterocycles. The number of carbonyl (C=O) groups is 2. The molecular formula is C22H25FN6O2. The van der Waals surface area contributed by atoms with Crippen molar-refractivity contribution >= 4 is 17.5 Å². The predicted octanol–water partition coefficient (Wildman–Crippen LogP) is 3.16. The number of aryl methyl sites for hydroxylation is 1.